The van der Waals surface area contributed by atoms with Crippen molar-refractivity contribution in [3.63, 3.8) is 0 Å². The molecule has 0 radical (unpaired) electrons. The molecule has 3 unspecified atom stereocenters. The van der Waals surface area contributed by atoms with Crippen molar-refractivity contribution in [2.75, 3.05) is 0 Å². The van der Waals surface area contributed by atoms with Gasteiger partial charge in [0.05, 0.1) is 12.6 Å². The molecule has 0 amide bonds. The molecule has 2 aromatic rings. The van der Waals surface area contributed by atoms with Crippen LogP contribution in [-0.4, -0.2) is 15.6 Å². The Kier molecular flexibility index (Phi) is 3.11. The second kappa shape index (κ2) is 5.09. The van der Waals surface area contributed by atoms with Gasteiger partial charge in [-0.2, -0.15) is 0 Å². The van der Waals surface area contributed by atoms with E-state index in [1.165, 1.54) is 43.4 Å². The predicted octanol–water partition coefficient (Wildman–Crippen LogP) is 3.24. The first-order valence-corrected chi connectivity index (χ1v) is 7.71. The number of furan rings is 1. The topological polar surface area (TPSA) is 43.0 Å². The summed E-state index contributed by atoms with van der Waals surface area (Å²) in [6.07, 6.45) is 15.1. The molecular formula is C16H21N3O. The van der Waals surface area contributed by atoms with Crippen molar-refractivity contribution in [1.29, 1.82) is 0 Å². The number of hydrogen-bond acceptors (Lipinski definition) is 3. The van der Waals surface area contributed by atoms with E-state index >= 15 is 0 Å². The van der Waals surface area contributed by atoms with Gasteiger partial charge in [-0.15, -0.1) is 0 Å². The van der Waals surface area contributed by atoms with Gasteiger partial charge in [-0.05, 0) is 38.2 Å². The molecule has 2 aliphatic rings. The van der Waals surface area contributed by atoms with Crippen molar-refractivity contribution < 1.29 is 4.42 Å². The third kappa shape index (κ3) is 2.08. The van der Waals surface area contributed by atoms with E-state index in [1.807, 2.05) is 18.8 Å². The van der Waals surface area contributed by atoms with E-state index in [0.717, 1.165) is 6.42 Å². The molecule has 0 aromatic carbocycles. The second-order valence-corrected chi connectivity index (χ2v) is 6.03. The molecule has 2 aliphatic carbocycles. The fourth-order valence-electron chi connectivity index (χ4n) is 3.88. The van der Waals surface area contributed by atoms with E-state index in [2.05, 4.69) is 27.1 Å². The van der Waals surface area contributed by atoms with Crippen LogP contribution in [0.3, 0.4) is 0 Å². The van der Waals surface area contributed by atoms with E-state index in [9.17, 15) is 0 Å². The lowest BCUT2D eigenvalue weighted by Gasteiger charge is -2.30. The molecule has 1 saturated carbocycles. The maximum atomic E-state index is 5.59. The molecule has 4 nitrogen and oxygen atoms in total. The van der Waals surface area contributed by atoms with Crippen LogP contribution in [-0.2, 0) is 6.42 Å². The van der Waals surface area contributed by atoms with Gasteiger partial charge in [-0.3, -0.25) is 0 Å². The number of aryl methyl sites for hydroxylation is 1. The molecule has 3 atom stereocenters. The zero-order valence-corrected chi connectivity index (χ0v) is 11.7. The lowest BCUT2D eigenvalue weighted by Crippen LogP contribution is -2.37. The lowest BCUT2D eigenvalue weighted by atomic mass is 9.92. The Morgan fingerprint density at radius 1 is 1.25 bits per heavy atom. The number of hydrogen-bond donors (Lipinski definition) is 1. The zero-order chi connectivity index (χ0) is 13.4. The molecule has 0 saturated heterocycles. The summed E-state index contributed by atoms with van der Waals surface area (Å²) in [6.45, 7) is 0. The summed E-state index contributed by atoms with van der Waals surface area (Å²) in [6, 6.07) is 3.71. The highest BCUT2D eigenvalue weighted by molar-refractivity contribution is 5.24. The monoisotopic (exact) mass is 271 g/mol. The van der Waals surface area contributed by atoms with E-state index in [1.54, 1.807) is 0 Å². The fourth-order valence-corrected chi connectivity index (χ4v) is 3.88. The maximum Gasteiger partial charge on any atom is 0.108 e. The first kappa shape index (κ1) is 12.2. The van der Waals surface area contributed by atoms with E-state index in [-0.39, 0.29) is 0 Å². The van der Waals surface area contributed by atoms with Crippen LogP contribution in [0.5, 0.6) is 0 Å². The van der Waals surface area contributed by atoms with Gasteiger partial charge in [0.2, 0.25) is 0 Å². The molecular weight excluding hydrogens is 250 g/mol. The molecule has 0 spiro atoms. The van der Waals surface area contributed by atoms with Gasteiger partial charge in [-0.25, -0.2) is 4.98 Å². The van der Waals surface area contributed by atoms with Crippen molar-refractivity contribution in [3.05, 3.63) is 42.4 Å². The summed E-state index contributed by atoms with van der Waals surface area (Å²) in [5.41, 5.74) is 1.38. The van der Waals surface area contributed by atoms with Crippen molar-refractivity contribution in [3.8, 4) is 0 Å². The van der Waals surface area contributed by atoms with Crippen LogP contribution < -0.4 is 5.32 Å². The Hall–Kier alpha value is -1.55. The van der Waals surface area contributed by atoms with E-state index in [4.69, 9.17) is 4.42 Å². The number of imidazole rings is 1. The van der Waals surface area contributed by atoms with Crippen LogP contribution in [0, 0.1) is 0 Å². The molecule has 20 heavy (non-hydrogen) atoms. The summed E-state index contributed by atoms with van der Waals surface area (Å²) in [5, 5.41) is 3.89. The Bertz CT molecular complexity index is 560. The van der Waals surface area contributed by atoms with Gasteiger partial charge in [-0.1, -0.05) is 0 Å². The first-order valence-electron chi connectivity index (χ1n) is 7.71. The standard InChI is InChI=1S/C16H21N3O/c1-4-14(15(5-1)19-9-8-17-11-19)18-13-3-2-6-16-12(13)7-10-20-16/h7-11,13-15,18H,1-6H2. The third-order valence-corrected chi connectivity index (χ3v) is 4.85. The summed E-state index contributed by atoms with van der Waals surface area (Å²) >= 11 is 0. The molecule has 0 aliphatic heterocycles. The molecule has 4 rings (SSSR count). The minimum Gasteiger partial charge on any atom is -0.469 e. The van der Waals surface area contributed by atoms with Gasteiger partial charge >= 0.3 is 0 Å². The Morgan fingerprint density at radius 2 is 2.25 bits per heavy atom. The number of nitrogens with one attached hydrogen (secondary N) is 1. The summed E-state index contributed by atoms with van der Waals surface area (Å²) in [7, 11) is 0. The van der Waals surface area contributed by atoms with Crippen molar-refractivity contribution >= 4 is 0 Å². The summed E-state index contributed by atoms with van der Waals surface area (Å²) in [5.74, 6) is 1.19. The third-order valence-electron chi connectivity index (χ3n) is 4.85. The maximum absolute atomic E-state index is 5.59. The highest BCUT2D eigenvalue weighted by Crippen LogP contribution is 2.35. The average molecular weight is 271 g/mol. The van der Waals surface area contributed by atoms with Crippen LogP contribution in [0.1, 0.15) is 55.5 Å². The van der Waals surface area contributed by atoms with Crippen LogP contribution in [0.2, 0.25) is 0 Å². The van der Waals surface area contributed by atoms with E-state index in [0.29, 0.717) is 18.1 Å². The molecule has 2 heterocycles. The van der Waals surface area contributed by atoms with Gasteiger partial charge < -0.3 is 14.3 Å². The molecule has 0 bridgehead atoms. The minimum atomic E-state index is 0.464. The fraction of sp³-hybridized carbons (Fsp3) is 0.562. The minimum absolute atomic E-state index is 0.464. The largest absolute Gasteiger partial charge is 0.469 e. The SMILES string of the molecule is c1cn(C2CCCC2NC2CCCc3occc32)cn1. The molecule has 2 aromatic heterocycles. The van der Waals surface area contributed by atoms with Crippen molar-refractivity contribution in [1.82, 2.24) is 14.9 Å². The Balaban J connectivity index is 1.52. The molecule has 1 fully saturated rings. The average Bonchev–Trinajstić information content (AvgIpc) is 3.20. The van der Waals surface area contributed by atoms with Gasteiger partial charge in [0.15, 0.2) is 0 Å². The summed E-state index contributed by atoms with van der Waals surface area (Å²) in [4.78, 5) is 4.20. The number of aromatic nitrogens is 2. The molecule has 4 heteroatoms. The van der Waals surface area contributed by atoms with Crippen LogP contribution in [0.4, 0.5) is 0 Å². The van der Waals surface area contributed by atoms with Gasteiger partial charge in [0.1, 0.15) is 5.76 Å². The zero-order valence-electron chi connectivity index (χ0n) is 11.7. The predicted molar refractivity (Wildman–Crippen MR) is 76.4 cm³/mol. The van der Waals surface area contributed by atoms with Gasteiger partial charge in [0, 0.05) is 42.5 Å². The smallest absolute Gasteiger partial charge is 0.108 e. The molecule has 106 valence electrons. The van der Waals surface area contributed by atoms with E-state index < -0.39 is 0 Å². The highest BCUT2D eigenvalue weighted by Gasteiger charge is 2.32. The number of fused-ring (bicyclic) bond motifs is 1. The number of rotatable bonds is 3. The number of nitrogens with zero attached hydrogens (tertiary/aromatic N) is 2. The Labute approximate surface area is 119 Å². The summed E-state index contributed by atoms with van der Waals surface area (Å²) < 4.78 is 7.86. The van der Waals surface area contributed by atoms with Crippen LogP contribution >= 0.6 is 0 Å². The quantitative estimate of drug-likeness (QED) is 0.932. The first-order chi connectivity index (χ1) is 9.92. The normalized spacial score (nSPS) is 29.5. The lowest BCUT2D eigenvalue weighted by molar-refractivity contribution is 0.324. The van der Waals surface area contributed by atoms with Crippen LogP contribution in [0.25, 0.3) is 0 Å². The second-order valence-electron chi connectivity index (χ2n) is 6.03. The van der Waals surface area contributed by atoms with Gasteiger partial charge in [0.25, 0.3) is 0 Å². The van der Waals surface area contributed by atoms with Crippen molar-refractivity contribution in [2.45, 2.75) is 56.7 Å². The molecule has 1 N–H and O–H groups in total. The highest BCUT2D eigenvalue weighted by atomic mass is 16.3. The van der Waals surface area contributed by atoms with Crippen LogP contribution in [0.15, 0.2) is 35.5 Å². The van der Waals surface area contributed by atoms with Crippen molar-refractivity contribution in [2.24, 2.45) is 0 Å². The Morgan fingerprint density at radius 3 is 3.15 bits per heavy atom.